The lowest BCUT2D eigenvalue weighted by Crippen LogP contribution is -2.21. The average molecular weight is 314 g/mol. The number of rotatable bonds is 6. The second-order valence-electron chi connectivity index (χ2n) is 4.81. The van der Waals surface area contributed by atoms with Gasteiger partial charge in [-0.15, -0.1) is 22.7 Å². The summed E-state index contributed by atoms with van der Waals surface area (Å²) in [6.45, 7) is 2.97. The van der Waals surface area contributed by atoms with Crippen LogP contribution in [0.4, 0.5) is 0 Å². The topological polar surface area (TPSA) is 24.9 Å². The van der Waals surface area contributed by atoms with Crippen LogP contribution < -0.4 is 5.32 Å². The van der Waals surface area contributed by atoms with E-state index in [4.69, 9.17) is 0 Å². The van der Waals surface area contributed by atoms with Crippen LogP contribution in [0.2, 0.25) is 0 Å². The molecule has 0 atom stereocenters. The van der Waals surface area contributed by atoms with Crippen molar-refractivity contribution in [3.05, 3.63) is 74.4 Å². The van der Waals surface area contributed by atoms with Crippen LogP contribution in [-0.4, -0.2) is 4.98 Å². The highest BCUT2D eigenvalue weighted by Crippen LogP contribution is 2.29. The molecule has 0 aromatic carbocycles. The molecule has 1 N–H and O–H groups in total. The van der Waals surface area contributed by atoms with E-state index >= 15 is 0 Å². The Kier molecular flexibility index (Phi) is 4.80. The summed E-state index contributed by atoms with van der Waals surface area (Å²) in [7, 11) is 0. The third-order valence-electron chi connectivity index (χ3n) is 3.49. The average Bonchev–Trinajstić information content (AvgIpc) is 3.22. The molecule has 0 unspecified atom stereocenters. The lowest BCUT2D eigenvalue weighted by molar-refractivity contribution is 0.608. The number of hydrogen-bond donors (Lipinski definition) is 1. The van der Waals surface area contributed by atoms with Gasteiger partial charge in [-0.2, -0.15) is 0 Å². The van der Waals surface area contributed by atoms with Crippen LogP contribution in [0.1, 0.15) is 34.0 Å². The van der Waals surface area contributed by atoms with E-state index in [0.29, 0.717) is 0 Å². The molecule has 0 aliphatic heterocycles. The van der Waals surface area contributed by atoms with Gasteiger partial charge in [0.25, 0.3) is 0 Å². The Morgan fingerprint density at radius 3 is 2.33 bits per heavy atom. The predicted molar refractivity (Wildman–Crippen MR) is 90.9 cm³/mol. The fourth-order valence-corrected chi connectivity index (χ4v) is 4.11. The Hall–Kier alpha value is -1.49. The van der Waals surface area contributed by atoms with Gasteiger partial charge in [0, 0.05) is 22.5 Å². The largest absolute Gasteiger partial charge is 0.299 e. The fraction of sp³-hybridized carbons (Fsp3) is 0.235. The molecule has 0 amide bonds. The predicted octanol–water partition coefficient (Wildman–Crippen LogP) is 4.65. The van der Waals surface area contributed by atoms with Gasteiger partial charge in [0.05, 0.1) is 11.7 Å². The first-order valence-corrected chi connectivity index (χ1v) is 8.87. The minimum absolute atomic E-state index is 0.261. The number of thiophene rings is 2. The van der Waals surface area contributed by atoms with Crippen molar-refractivity contribution in [1.82, 2.24) is 10.3 Å². The highest BCUT2D eigenvalue weighted by molar-refractivity contribution is 7.11. The minimum atomic E-state index is 0.261. The van der Waals surface area contributed by atoms with Crippen LogP contribution >= 0.6 is 22.7 Å². The van der Waals surface area contributed by atoms with Crippen molar-refractivity contribution in [3.8, 4) is 0 Å². The molecule has 0 bridgehead atoms. The summed E-state index contributed by atoms with van der Waals surface area (Å²) in [6, 6.07) is 13.0. The molecule has 0 aliphatic rings. The number of pyridine rings is 1. The Morgan fingerprint density at radius 2 is 1.76 bits per heavy atom. The molecule has 0 spiro atoms. The zero-order chi connectivity index (χ0) is 14.5. The first-order valence-electron chi connectivity index (χ1n) is 7.11. The minimum Gasteiger partial charge on any atom is -0.299 e. The van der Waals surface area contributed by atoms with E-state index in [0.717, 1.165) is 18.7 Å². The molecule has 2 nitrogen and oxygen atoms in total. The van der Waals surface area contributed by atoms with Gasteiger partial charge in [0.2, 0.25) is 0 Å². The Balaban J connectivity index is 1.80. The smallest absolute Gasteiger partial charge is 0.0768 e. The van der Waals surface area contributed by atoms with Crippen molar-refractivity contribution in [1.29, 1.82) is 0 Å². The van der Waals surface area contributed by atoms with Gasteiger partial charge < -0.3 is 0 Å². The Bertz CT molecular complexity index is 626. The molecule has 108 valence electrons. The molecule has 0 saturated carbocycles. The number of hydrogen-bond acceptors (Lipinski definition) is 4. The molecule has 3 aromatic heterocycles. The zero-order valence-corrected chi connectivity index (χ0v) is 13.6. The normalized spacial score (nSPS) is 11.1. The van der Waals surface area contributed by atoms with E-state index in [9.17, 15) is 0 Å². The second-order valence-corrected chi connectivity index (χ2v) is 6.77. The molecule has 0 fully saturated rings. The summed E-state index contributed by atoms with van der Waals surface area (Å²) in [6.07, 6.45) is 2.90. The standard InChI is InChI=1S/C17H18N2S2/c1-2-13-6-3-9-18-14(13)12-19-17(15-7-4-10-20-15)16-8-5-11-21-16/h3-11,17,19H,2,12H2,1H3. The Morgan fingerprint density at radius 1 is 1.05 bits per heavy atom. The molecule has 0 aliphatic carbocycles. The summed E-state index contributed by atoms with van der Waals surface area (Å²) < 4.78 is 0. The molecule has 3 aromatic rings. The summed E-state index contributed by atoms with van der Waals surface area (Å²) >= 11 is 3.60. The van der Waals surface area contributed by atoms with Crippen molar-refractivity contribution in [2.24, 2.45) is 0 Å². The van der Waals surface area contributed by atoms with Crippen LogP contribution in [0.3, 0.4) is 0 Å². The third kappa shape index (κ3) is 3.40. The van der Waals surface area contributed by atoms with Gasteiger partial charge in [0.15, 0.2) is 0 Å². The quantitative estimate of drug-likeness (QED) is 0.716. The van der Waals surface area contributed by atoms with Crippen LogP contribution in [0, 0.1) is 0 Å². The first kappa shape index (κ1) is 14.4. The highest BCUT2D eigenvalue weighted by atomic mass is 32.1. The summed E-state index contributed by atoms with van der Waals surface area (Å²) in [5.74, 6) is 0. The van der Waals surface area contributed by atoms with Crippen molar-refractivity contribution < 1.29 is 0 Å². The zero-order valence-electron chi connectivity index (χ0n) is 12.0. The highest BCUT2D eigenvalue weighted by Gasteiger charge is 2.16. The third-order valence-corrected chi connectivity index (χ3v) is 5.37. The van der Waals surface area contributed by atoms with Crippen LogP contribution in [-0.2, 0) is 13.0 Å². The number of nitrogens with one attached hydrogen (secondary N) is 1. The molecule has 21 heavy (non-hydrogen) atoms. The monoisotopic (exact) mass is 314 g/mol. The molecular weight excluding hydrogens is 296 g/mol. The van der Waals surface area contributed by atoms with Gasteiger partial charge in [-0.05, 0) is 40.9 Å². The maximum absolute atomic E-state index is 4.53. The fourth-order valence-electron chi connectivity index (χ4n) is 2.40. The summed E-state index contributed by atoms with van der Waals surface area (Å²) in [4.78, 5) is 7.23. The molecule has 0 radical (unpaired) electrons. The summed E-state index contributed by atoms with van der Waals surface area (Å²) in [5.41, 5.74) is 2.47. The van der Waals surface area contributed by atoms with Crippen molar-refractivity contribution >= 4 is 22.7 Å². The molecule has 0 saturated heterocycles. The molecule has 3 heterocycles. The van der Waals surface area contributed by atoms with Crippen molar-refractivity contribution in [2.45, 2.75) is 25.9 Å². The lowest BCUT2D eigenvalue weighted by atomic mass is 10.1. The van der Waals surface area contributed by atoms with Gasteiger partial charge in [-0.25, -0.2) is 0 Å². The van der Waals surface area contributed by atoms with Gasteiger partial charge in [0.1, 0.15) is 0 Å². The maximum atomic E-state index is 4.53. The van der Waals surface area contributed by atoms with E-state index in [2.05, 4.69) is 58.3 Å². The number of nitrogens with zero attached hydrogens (tertiary/aromatic N) is 1. The number of aromatic nitrogens is 1. The maximum Gasteiger partial charge on any atom is 0.0768 e. The second kappa shape index (κ2) is 6.98. The van der Waals surface area contributed by atoms with Crippen molar-refractivity contribution in [2.75, 3.05) is 0 Å². The molecule has 4 heteroatoms. The van der Waals surface area contributed by atoms with E-state index in [1.807, 2.05) is 12.3 Å². The van der Waals surface area contributed by atoms with Crippen LogP contribution in [0.25, 0.3) is 0 Å². The Labute approximate surface area is 133 Å². The van der Waals surface area contributed by atoms with Crippen LogP contribution in [0.15, 0.2) is 53.4 Å². The molecular formula is C17H18N2S2. The van der Waals surface area contributed by atoms with Gasteiger partial charge >= 0.3 is 0 Å². The van der Waals surface area contributed by atoms with Gasteiger partial charge in [-0.1, -0.05) is 25.1 Å². The van der Waals surface area contributed by atoms with E-state index in [1.165, 1.54) is 15.3 Å². The lowest BCUT2D eigenvalue weighted by Gasteiger charge is -2.17. The van der Waals surface area contributed by atoms with Crippen molar-refractivity contribution in [3.63, 3.8) is 0 Å². The van der Waals surface area contributed by atoms with E-state index < -0.39 is 0 Å². The summed E-state index contributed by atoms with van der Waals surface area (Å²) in [5, 5.41) is 7.94. The van der Waals surface area contributed by atoms with E-state index in [1.54, 1.807) is 22.7 Å². The first-order chi connectivity index (χ1) is 10.4. The van der Waals surface area contributed by atoms with Gasteiger partial charge in [-0.3, -0.25) is 10.3 Å². The number of aryl methyl sites for hydroxylation is 1. The SMILES string of the molecule is CCc1cccnc1CNC(c1cccs1)c1cccs1. The van der Waals surface area contributed by atoms with E-state index in [-0.39, 0.29) is 6.04 Å². The van der Waals surface area contributed by atoms with Crippen LogP contribution in [0.5, 0.6) is 0 Å². The molecule has 3 rings (SSSR count).